The van der Waals surface area contributed by atoms with Gasteiger partial charge in [0.25, 0.3) is 0 Å². The molecule has 72 valence electrons. The van der Waals surface area contributed by atoms with Crippen LogP contribution in [0.5, 0.6) is 0 Å². The van der Waals surface area contributed by atoms with Crippen molar-refractivity contribution in [3.63, 3.8) is 0 Å². The van der Waals surface area contributed by atoms with Crippen molar-refractivity contribution >= 4 is 17.3 Å². The Bertz CT molecular complexity index is 464. The lowest BCUT2D eigenvalue weighted by atomic mass is 10.3. The Morgan fingerprint density at radius 1 is 1.43 bits per heavy atom. The Morgan fingerprint density at radius 3 is 2.79 bits per heavy atom. The van der Waals surface area contributed by atoms with Crippen molar-refractivity contribution < 1.29 is 0 Å². The molecule has 4 nitrogen and oxygen atoms in total. The Morgan fingerprint density at radius 2 is 2.21 bits per heavy atom. The van der Waals surface area contributed by atoms with E-state index >= 15 is 0 Å². The molecule has 0 amide bonds. The van der Waals surface area contributed by atoms with Crippen LogP contribution in [-0.2, 0) is 0 Å². The first-order valence-corrected chi connectivity index (χ1v) is 4.48. The lowest BCUT2D eigenvalue weighted by Crippen LogP contribution is -1.97. The van der Waals surface area contributed by atoms with Crippen LogP contribution in [-0.4, -0.2) is 14.8 Å². The minimum atomic E-state index is 0.591. The molecule has 0 saturated heterocycles. The molecule has 2 rings (SSSR count). The third kappa shape index (κ3) is 1.44. The van der Waals surface area contributed by atoms with E-state index in [4.69, 9.17) is 17.3 Å². The topological polar surface area (TPSA) is 56.7 Å². The molecule has 0 aliphatic rings. The van der Waals surface area contributed by atoms with E-state index in [9.17, 15) is 0 Å². The summed E-state index contributed by atoms with van der Waals surface area (Å²) in [6.45, 7) is 1.86. The number of hydrogen-bond donors (Lipinski definition) is 1. The van der Waals surface area contributed by atoms with Crippen molar-refractivity contribution in [2.24, 2.45) is 0 Å². The molecular formula is C9H9ClN4. The van der Waals surface area contributed by atoms with Gasteiger partial charge >= 0.3 is 0 Å². The molecule has 14 heavy (non-hydrogen) atoms. The molecule has 1 heterocycles. The molecule has 0 aliphatic heterocycles. The summed E-state index contributed by atoms with van der Waals surface area (Å²) >= 11 is 6.04. The summed E-state index contributed by atoms with van der Waals surface area (Å²) in [4.78, 5) is 0. The molecule has 0 spiro atoms. The number of aromatic nitrogens is 3. The Hall–Kier alpha value is -1.55. The van der Waals surface area contributed by atoms with Crippen LogP contribution >= 0.6 is 11.6 Å². The van der Waals surface area contributed by atoms with Gasteiger partial charge in [0.05, 0.1) is 10.7 Å². The van der Waals surface area contributed by atoms with Crippen LogP contribution in [0.4, 0.5) is 5.69 Å². The van der Waals surface area contributed by atoms with Crippen LogP contribution in [0.2, 0.25) is 5.02 Å². The minimum absolute atomic E-state index is 0.591. The Balaban J connectivity index is 2.58. The highest BCUT2D eigenvalue weighted by Crippen LogP contribution is 2.23. The van der Waals surface area contributed by atoms with Gasteiger partial charge in [-0.1, -0.05) is 11.6 Å². The normalized spacial score (nSPS) is 10.4. The number of halogens is 1. The van der Waals surface area contributed by atoms with E-state index in [1.807, 2.05) is 17.6 Å². The number of anilines is 1. The maximum Gasteiger partial charge on any atom is 0.134 e. The number of benzene rings is 1. The molecule has 0 saturated carbocycles. The SMILES string of the molecule is Cc1nncn1-c1ccc(N)cc1Cl. The van der Waals surface area contributed by atoms with Crippen molar-refractivity contribution in [2.45, 2.75) is 6.92 Å². The lowest BCUT2D eigenvalue weighted by molar-refractivity contribution is 0.970. The maximum absolute atomic E-state index is 6.04. The second kappa shape index (κ2) is 3.31. The zero-order chi connectivity index (χ0) is 10.1. The monoisotopic (exact) mass is 208 g/mol. The van der Waals surface area contributed by atoms with Gasteiger partial charge in [0, 0.05) is 5.69 Å². The highest BCUT2D eigenvalue weighted by atomic mass is 35.5. The molecule has 0 aliphatic carbocycles. The van der Waals surface area contributed by atoms with Gasteiger partial charge < -0.3 is 5.73 Å². The molecule has 5 heteroatoms. The van der Waals surface area contributed by atoms with E-state index in [2.05, 4.69) is 10.2 Å². The van der Waals surface area contributed by atoms with Crippen LogP contribution in [0.15, 0.2) is 24.5 Å². The van der Waals surface area contributed by atoms with Gasteiger partial charge in [-0.05, 0) is 25.1 Å². The summed E-state index contributed by atoms with van der Waals surface area (Å²) in [7, 11) is 0. The highest BCUT2D eigenvalue weighted by Gasteiger charge is 2.05. The molecule has 2 aromatic rings. The van der Waals surface area contributed by atoms with Gasteiger partial charge in [0.2, 0.25) is 0 Å². The standard InChI is InChI=1S/C9H9ClN4/c1-6-13-12-5-14(6)9-3-2-7(11)4-8(9)10/h2-5H,11H2,1H3. The molecule has 2 N–H and O–H groups in total. The zero-order valence-electron chi connectivity index (χ0n) is 7.61. The first-order valence-electron chi connectivity index (χ1n) is 4.10. The summed E-state index contributed by atoms with van der Waals surface area (Å²) < 4.78 is 1.81. The van der Waals surface area contributed by atoms with Crippen LogP contribution in [0.1, 0.15) is 5.82 Å². The maximum atomic E-state index is 6.04. The fourth-order valence-electron chi connectivity index (χ4n) is 1.25. The Kier molecular flexibility index (Phi) is 2.13. The van der Waals surface area contributed by atoms with Crippen LogP contribution in [0, 0.1) is 6.92 Å². The average molecular weight is 209 g/mol. The molecule has 0 radical (unpaired) electrons. The molecule has 1 aromatic carbocycles. The van der Waals surface area contributed by atoms with Gasteiger partial charge in [-0.3, -0.25) is 4.57 Å². The largest absolute Gasteiger partial charge is 0.399 e. The van der Waals surface area contributed by atoms with Gasteiger partial charge in [-0.15, -0.1) is 10.2 Å². The molecular weight excluding hydrogens is 200 g/mol. The number of nitrogens with zero attached hydrogens (tertiary/aromatic N) is 3. The second-order valence-corrected chi connectivity index (χ2v) is 3.37. The van der Waals surface area contributed by atoms with E-state index < -0.39 is 0 Å². The number of nitrogen functional groups attached to an aromatic ring is 1. The summed E-state index contributed by atoms with van der Waals surface area (Å²) in [5, 5.41) is 8.25. The fraction of sp³-hybridized carbons (Fsp3) is 0.111. The van der Waals surface area contributed by atoms with Crippen molar-refractivity contribution in [3.05, 3.63) is 35.4 Å². The quantitative estimate of drug-likeness (QED) is 0.728. The second-order valence-electron chi connectivity index (χ2n) is 2.96. The van der Waals surface area contributed by atoms with Gasteiger partial charge in [0.15, 0.2) is 0 Å². The van der Waals surface area contributed by atoms with E-state index in [1.54, 1.807) is 18.5 Å². The predicted molar refractivity (Wildman–Crippen MR) is 55.5 cm³/mol. The summed E-state index contributed by atoms with van der Waals surface area (Å²) in [5.74, 6) is 0.789. The molecule has 0 atom stereocenters. The number of hydrogen-bond acceptors (Lipinski definition) is 3. The first kappa shape index (κ1) is 9.02. The van der Waals surface area contributed by atoms with Crippen LogP contribution in [0.25, 0.3) is 5.69 Å². The smallest absolute Gasteiger partial charge is 0.134 e. The number of rotatable bonds is 1. The van der Waals surface area contributed by atoms with Crippen molar-refractivity contribution in [3.8, 4) is 5.69 Å². The van der Waals surface area contributed by atoms with E-state index in [0.29, 0.717) is 10.7 Å². The van der Waals surface area contributed by atoms with E-state index in [-0.39, 0.29) is 0 Å². The van der Waals surface area contributed by atoms with Crippen LogP contribution < -0.4 is 5.73 Å². The van der Waals surface area contributed by atoms with Crippen molar-refractivity contribution in [1.82, 2.24) is 14.8 Å². The van der Waals surface area contributed by atoms with Gasteiger partial charge in [-0.2, -0.15) is 0 Å². The number of aryl methyl sites for hydroxylation is 1. The summed E-state index contributed by atoms with van der Waals surface area (Å²) in [6.07, 6.45) is 1.62. The van der Waals surface area contributed by atoms with Gasteiger partial charge in [0.1, 0.15) is 12.2 Å². The number of nitrogens with two attached hydrogens (primary N) is 1. The molecule has 1 aromatic heterocycles. The highest BCUT2D eigenvalue weighted by molar-refractivity contribution is 6.32. The summed E-state index contributed by atoms with van der Waals surface area (Å²) in [5.41, 5.74) is 7.07. The van der Waals surface area contributed by atoms with Crippen molar-refractivity contribution in [2.75, 3.05) is 5.73 Å². The van der Waals surface area contributed by atoms with Gasteiger partial charge in [-0.25, -0.2) is 0 Å². The minimum Gasteiger partial charge on any atom is -0.399 e. The third-order valence-electron chi connectivity index (χ3n) is 1.95. The van der Waals surface area contributed by atoms with E-state index in [1.165, 1.54) is 0 Å². The lowest BCUT2D eigenvalue weighted by Gasteiger charge is -2.06. The predicted octanol–water partition coefficient (Wildman–Crippen LogP) is 1.81. The average Bonchev–Trinajstić information content (AvgIpc) is 2.52. The fourth-order valence-corrected chi connectivity index (χ4v) is 1.53. The molecule has 0 bridgehead atoms. The molecule has 0 fully saturated rings. The third-order valence-corrected chi connectivity index (χ3v) is 2.25. The zero-order valence-corrected chi connectivity index (χ0v) is 8.36. The first-order chi connectivity index (χ1) is 6.68. The summed E-state index contributed by atoms with van der Waals surface area (Å²) in [6, 6.07) is 5.34. The van der Waals surface area contributed by atoms with Crippen molar-refractivity contribution in [1.29, 1.82) is 0 Å². The Labute approximate surface area is 86.3 Å². The van der Waals surface area contributed by atoms with Crippen LogP contribution in [0.3, 0.4) is 0 Å². The molecule has 0 unspecified atom stereocenters. The van der Waals surface area contributed by atoms with E-state index in [0.717, 1.165) is 11.5 Å².